The molecule has 0 N–H and O–H groups in total. The summed E-state index contributed by atoms with van der Waals surface area (Å²) < 4.78 is 122. The van der Waals surface area contributed by atoms with Crippen LogP contribution < -0.4 is 4.74 Å². The minimum Gasteiger partial charge on any atom is -0.423 e. The molecule has 0 unspecified atom stereocenters. The smallest absolute Gasteiger partial charge is 0.423 e. The molecular formula is C12H8F6O6S2. The molecule has 0 atom stereocenters. The molecule has 0 aromatic heterocycles. The lowest BCUT2D eigenvalue weighted by atomic mass is 10.2. The predicted molar refractivity (Wildman–Crippen MR) is 75.0 cm³/mol. The molecule has 26 heavy (non-hydrogen) atoms. The third kappa shape index (κ3) is 4.17. The first-order valence-electron chi connectivity index (χ1n) is 6.10. The van der Waals surface area contributed by atoms with Gasteiger partial charge >= 0.3 is 17.0 Å². The number of hydrogen-bond acceptors (Lipinski definition) is 6. The number of ether oxygens (including phenoxy) is 1. The summed E-state index contributed by atoms with van der Waals surface area (Å²) in [5.74, 6) is -1.42. The quantitative estimate of drug-likeness (QED) is 0.311. The van der Waals surface area contributed by atoms with Crippen LogP contribution in [0.3, 0.4) is 0 Å². The molecule has 0 bridgehead atoms. The van der Waals surface area contributed by atoms with Gasteiger partial charge in [0.15, 0.2) is 0 Å². The molecule has 0 fully saturated rings. The zero-order valence-electron chi connectivity index (χ0n) is 12.2. The van der Waals surface area contributed by atoms with E-state index in [9.17, 15) is 48.0 Å². The van der Waals surface area contributed by atoms with E-state index in [-0.39, 0.29) is 0 Å². The number of halogens is 6. The van der Waals surface area contributed by atoms with Crippen molar-refractivity contribution in [3.63, 3.8) is 0 Å². The topological polar surface area (TPSA) is 94.6 Å². The Labute approximate surface area is 142 Å². The van der Waals surface area contributed by atoms with Gasteiger partial charge in [0, 0.05) is 6.08 Å². The summed E-state index contributed by atoms with van der Waals surface area (Å²) >= 11 is 0. The summed E-state index contributed by atoms with van der Waals surface area (Å²) in [7, 11) is -13.6. The van der Waals surface area contributed by atoms with Crippen LogP contribution in [0.15, 0.2) is 36.9 Å². The third-order valence-electron chi connectivity index (χ3n) is 2.75. The second-order valence-electron chi connectivity index (χ2n) is 4.51. The summed E-state index contributed by atoms with van der Waals surface area (Å²) in [5.41, 5.74) is -13.9. The van der Waals surface area contributed by atoms with Crippen molar-refractivity contribution in [2.75, 3.05) is 0 Å². The second kappa shape index (κ2) is 6.90. The number of carbonyl (C=O) groups excluding carboxylic acids is 1. The molecule has 0 aliphatic rings. The van der Waals surface area contributed by atoms with Crippen molar-refractivity contribution in [3.8, 4) is 5.75 Å². The van der Waals surface area contributed by atoms with Crippen LogP contribution in [-0.4, -0.2) is 33.8 Å². The second-order valence-corrected chi connectivity index (χ2v) is 8.85. The Morgan fingerprint density at radius 1 is 0.923 bits per heavy atom. The maximum Gasteiger partial charge on any atom is 0.499 e. The predicted octanol–water partition coefficient (Wildman–Crippen LogP) is 2.65. The first-order chi connectivity index (χ1) is 11.6. The molecule has 146 valence electrons. The van der Waals surface area contributed by atoms with E-state index in [0.29, 0.717) is 30.3 Å². The van der Waals surface area contributed by atoms with Gasteiger partial charge in [-0.1, -0.05) is 18.7 Å². The first kappa shape index (κ1) is 22.0. The van der Waals surface area contributed by atoms with Gasteiger partial charge in [-0.15, -0.1) is 0 Å². The van der Waals surface area contributed by atoms with E-state index in [0.717, 1.165) is 0 Å². The maximum atomic E-state index is 12.7. The van der Waals surface area contributed by atoms with E-state index in [1.54, 1.807) is 0 Å². The van der Waals surface area contributed by atoms with Crippen LogP contribution in [0.5, 0.6) is 5.75 Å². The normalized spacial score (nSPS) is 13.5. The molecule has 0 heterocycles. The van der Waals surface area contributed by atoms with Gasteiger partial charge in [0.25, 0.3) is 19.7 Å². The molecule has 0 aliphatic carbocycles. The Kier molecular flexibility index (Phi) is 5.83. The highest BCUT2D eigenvalue weighted by Crippen LogP contribution is 2.44. The van der Waals surface area contributed by atoms with Crippen LogP contribution in [0, 0.1) is 0 Å². The number of carbonyl (C=O) groups is 1. The van der Waals surface area contributed by atoms with E-state index in [2.05, 4.69) is 11.3 Å². The Bertz CT molecular complexity index is 853. The van der Waals surface area contributed by atoms with Crippen LogP contribution in [0.1, 0.15) is 10.1 Å². The van der Waals surface area contributed by atoms with Crippen molar-refractivity contribution in [1.29, 1.82) is 0 Å². The average Bonchev–Trinajstić information content (AvgIpc) is 2.46. The van der Waals surface area contributed by atoms with Crippen molar-refractivity contribution < 1.29 is 52.7 Å². The highest BCUT2D eigenvalue weighted by atomic mass is 32.3. The fraction of sp³-hybridized carbons (Fsp3) is 0.250. The average molecular weight is 426 g/mol. The number of alkyl halides is 6. The first-order valence-corrected chi connectivity index (χ1v) is 9.19. The molecule has 0 radical (unpaired) electrons. The SMILES string of the molecule is C=CC(=O)Oc1ccc(C(S(=O)(=O)C(F)(F)F)S(=O)(=O)C(F)(F)F)cc1. The molecule has 0 saturated carbocycles. The molecule has 1 aromatic carbocycles. The summed E-state index contributed by atoms with van der Waals surface area (Å²) in [6, 6.07) is 1.95. The molecule has 1 aromatic rings. The van der Waals surface area contributed by atoms with Crippen molar-refractivity contribution in [2.24, 2.45) is 0 Å². The summed E-state index contributed by atoms with van der Waals surface area (Å²) in [6.07, 6.45) is 0.693. The Morgan fingerprint density at radius 2 is 1.31 bits per heavy atom. The molecule has 0 aliphatic heterocycles. The lowest BCUT2D eigenvalue weighted by Gasteiger charge is -2.21. The van der Waals surface area contributed by atoms with Gasteiger partial charge in [-0.3, -0.25) is 0 Å². The van der Waals surface area contributed by atoms with Crippen molar-refractivity contribution in [3.05, 3.63) is 42.5 Å². The van der Waals surface area contributed by atoms with Crippen LogP contribution in [0.25, 0.3) is 0 Å². The molecular weight excluding hydrogens is 418 g/mol. The molecule has 0 saturated heterocycles. The number of rotatable bonds is 5. The molecule has 6 nitrogen and oxygen atoms in total. The van der Waals surface area contributed by atoms with Gasteiger partial charge < -0.3 is 4.74 Å². The third-order valence-corrected chi connectivity index (χ3v) is 7.23. The van der Waals surface area contributed by atoms with E-state index in [1.165, 1.54) is 0 Å². The van der Waals surface area contributed by atoms with E-state index >= 15 is 0 Å². The van der Waals surface area contributed by atoms with Crippen LogP contribution in [0.4, 0.5) is 26.3 Å². The standard InChI is InChI=1S/C12H8F6O6S2/c1-2-9(19)24-8-5-3-7(4-6-8)10(25(20,21)11(13,14)15)26(22,23)12(16,17)18/h2-6,10H,1H2. The van der Waals surface area contributed by atoms with Gasteiger partial charge in [-0.2, -0.15) is 26.3 Å². The van der Waals surface area contributed by atoms with Crippen LogP contribution in [0.2, 0.25) is 0 Å². The fourth-order valence-corrected chi connectivity index (χ4v) is 5.12. The van der Waals surface area contributed by atoms with Crippen LogP contribution >= 0.6 is 0 Å². The Hall–Kier alpha value is -2.09. The van der Waals surface area contributed by atoms with Gasteiger partial charge in [0.1, 0.15) is 5.75 Å². The van der Waals surface area contributed by atoms with E-state index in [4.69, 9.17) is 0 Å². The van der Waals surface area contributed by atoms with Crippen molar-refractivity contribution in [2.45, 2.75) is 15.6 Å². The number of hydrogen-bond donors (Lipinski definition) is 0. The maximum absolute atomic E-state index is 12.7. The molecule has 14 heteroatoms. The lowest BCUT2D eigenvalue weighted by molar-refractivity contribution is -0.128. The summed E-state index contributed by atoms with van der Waals surface area (Å²) in [6.45, 7) is 3.04. The fourth-order valence-electron chi connectivity index (χ4n) is 1.62. The van der Waals surface area contributed by atoms with Gasteiger partial charge in [-0.25, -0.2) is 21.6 Å². The minimum atomic E-state index is -6.80. The zero-order valence-corrected chi connectivity index (χ0v) is 13.8. The summed E-state index contributed by atoms with van der Waals surface area (Å²) in [4.78, 5) is 11.0. The minimum absolute atomic E-state index is 0.350. The van der Waals surface area contributed by atoms with E-state index in [1.807, 2.05) is 0 Å². The Balaban J connectivity index is 3.59. The molecule has 0 amide bonds. The number of benzene rings is 1. The molecule has 0 spiro atoms. The largest absolute Gasteiger partial charge is 0.499 e. The van der Waals surface area contributed by atoms with Crippen LogP contribution in [-0.2, 0) is 24.5 Å². The monoisotopic (exact) mass is 426 g/mol. The zero-order chi connectivity index (χ0) is 20.6. The summed E-state index contributed by atoms with van der Waals surface area (Å²) in [5, 5.41) is 0. The highest BCUT2D eigenvalue weighted by molar-refractivity contribution is 8.09. The van der Waals surface area contributed by atoms with Crippen molar-refractivity contribution >= 4 is 25.6 Å². The lowest BCUT2D eigenvalue weighted by Crippen LogP contribution is -2.39. The van der Waals surface area contributed by atoms with Gasteiger partial charge in [0.2, 0.25) is 4.58 Å². The van der Waals surface area contributed by atoms with Crippen molar-refractivity contribution in [1.82, 2.24) is 0 Å². The number of sulfone groups is 2. The highest BCUT2D eigenvalue weighted by Gasteiger charge is 2.63. The van der Waals surface area contributed by atoms with E-state index < -0.39 is 52.6 Å². The van der Waals surface area contributed by atoms with Gasteiger partial charge in [0.05, 0.1) is 0 Å². The Morgan fingerprint density at radius 3 is 1.62 bits per heavy atom. The van der Waals surface area contributed by atoms with Gasteiger partial charge in [-0.05, 0) is 17.7 Å². The molecule has 1 rings (SSSR count). The number of esters is 1.